The molecular formula is C54H90O25S. The van der Waals surface area contributed by atoms with E-state index in [9.17, 15) is 79.4 Å². The second-order valence-electron chi connectivity index (χ2n) is 26.9. The Hall–Kier alpha value is -1.23. The minimum absolute atomic E-state index is 0.0272. The molecule has 462 valence electrons. The first kappa shape index (κ1) is 63.3. The van der Waals surface area contributed by atoms with Crippen LogP contribution in [0, 0.1) is 50.2 Å². The fraction of sp³-hybridized carbons (Fsp3) is 0.963. The first-order valence-corrected chi connectivity index (χ1v) is 29.8. The molecule has 0 aromatic carbocycles. The molecule has 28 atom stereocenters. The lowest BCUT2D eigenvalue weighted by atomic mass is 9.33. The van der Waals surface area contributed by atoms with Crippen molar-refractivity contribution in [3.63, 3.8) is 0 Å². The zero-order valence-electron chi connectivity index (χ0n) is 46.7. The van der Waals surface area contributed by atoms with Gasteiger partial charge in [-0.2, -0.15) is 8.42 Å². The predicted octanol–water partition coefficient (Wildman–Crippen LogP) is -1.73. The van der Waals surface area contributed by atoms with Gasteiger partial charge in [-0.25, -0.2) is 4.18 Å². The van der Waals surface area contributed by atoms with Crippen LogP contribution in [0.1, 0.15) is 113 Å². The SMILES string of the molecule is CC1(C)CC[C@]2(CO[C@@H]3O[C@H](CO)[C@@H](O)[C@H](O)[C@H]3O[C@@H]3O[C@H](CO)[C@@H](O)[C@H](O)[C@H]3O[C@@H]3O[C@H](CO[C@@H]4O[C@H](CO)[C@@H](O)[C@H](O)[C@H]4O)[C@@H](O)[C@H](O)[C@H]3O)CC[C@]3(C)C(=CCC4[C@@]5(C)CC[C@H](OS(=O)(=O)O)C(C)(C)[C@@H]5CC[C@]43C)C2C1. The number of aliphatic hydroxyl groups is 13. The highest BCUT2D eigenvalue weighted by Crippen LogP contribution is 2.76. The van der Waals surface area contributed by atoms with Crippen molar-refractivity contribution in [2.75, 3.05) is 33.0 Å². The average molecular weight is 1170 g/mol. The minimum atomic E-state index is -4.66. The van der Waals surface area contributed by atoms with E-state index < -0.39 is 177 Å². The first-order valence-electron chi connectivity index (χ1n) is 28.5. The van der Waals surface area contributed by atoms with Crippen LogP contribution in [0.5, 0.6) is 0 Å². The molecule has 25 nitrogen and oxygen atoms in total. The number of allylic oxidation sites excluding steroid dienone is 2. The van der Waals surface area contributed by atoms with Gasteiger partial charge in [-0.1, -0.05) is 60.1 Å². The highest BCUT2D eigenvalue weighted by Gasteiger charge is 2.69. The zero-order chi connectivity index (χ0) is 58.6. The molecule has 4 aliphatic heterocycles. The van der Waals surface area contributed by atoms with Gasteiger partial charge in [0.25, 0.3) is 0 Å². The maximum Gasteiger partial charge on any atom is 0.397 e. The van der Waals surface area contributed by atoms with Crippen LogP contribution in [0.2, 0.25) is 0 Å². The summed E-state index contributed by atoms with van der Waals surface area (Å²) in [4.78, 5) is 0. The highest BCUT2D eigenvalue weighted by molar-refractivity contribution is 7.80. The molecule has 8 fully saturated rings. The van der Waals surface area contributed by atoms with Crippen LogP contribution in [0.15, 0.2) is 11.6 Å². The summed E-state index contributed by atoms with van der Waals surface area (Å²) >= 11 is 0. The summed E-state index contributed by atoms with van der Waals surface area (Å²) in [6.07, 6.45) is -25.9. The standard InChI is InChI=1S/C54H90O25S/c1-49(2)14-16-54(17-15-52(6)24(25(54)18-49)8-9-31-51(5)12-11-32(79-80(68,69)70)50(3,4)30(51)10-13-53(31,52)7)23-72-47-43(39(64)34(59)27(20-56)74-47)78-48-44(40(65)35(60)28(21-57)75-48)77-46-42(67)38(63)36(61)29(76-46)22-71-45-41(66)37(62)33(58)26(19-55)73-45/h8,25-48,55-67H,9-23H2,1-7H3,(H,68,69,70)/t25?,26-,27-,28-,29-,30+,31?,32+,33-,34-,35-,36-,37+,38+,39+,40+,41-,42-,43-,44-,45-,46+,47-,48+,51+,52-,53-,54-/m1/s1. The Labute approximate surface area is 467 Å². The molecule has 4 saturated carbocycles. The molecule has 26 heteroatoms. The van der Waals surface area contributed by atoms with E-state index in [-0.39, 0.29) is 46.0 Å². The van der Waals surface area contributed by atoms with Crippen LogP contribution < -0.4 is 0 Å². The van der Waals surface area contributed by atoms with E-state index in [1.54, 1.807) is 0 Å². The van der Waals surface area contributed by atoms with Crippen molar-refractivity contribution < 1.29 is 121 Å². The van der Waals surface area contributed by atoms with E-state index >= 15 is 0 Å². The van der Waals surface area contributed by atoms with Crippen LogP contribution in [0.3, 0.4) is 0 Å². The van der Waals surface area contributed by atoms with Gasteiger partial charge in [0.05, 0.1) is 39.1 Å². The maximum atomic E-state index is 12.0. The Morgan fingerprint density at radius 3 is 1.66 bits per heavy atom. The summed E-state index contributed by atoms with van der Waals surface area (Å²) in [6, 6.07) is 0. The smallest absolute Gasteiger partial charge is 0.394 e. The van der Waals surface area contributed by atoms with Crippen LogP contribution >= 0.6 is 0 Å². The van der Waals surface area contributed by atoms with Crippen LogP contribution in [-0.2, 0) is 52.5 Å². The van der Waals surface area contributed by atoms with Gasteiger partial charge in [0.1, 0.15) is 97.7 Å². The van der Waals surface area contributed by atoms with Gasteiger partial charge in [0, 0.05) is 5.41 Å². The molecule has 9 aliphatic rings. The molecule has 9 rings (SSSR count). The minimum Gasteiger partial charge on any atom is -0.394 e. The molecule has 14 N–H and O–H groups in total. The van der Waals surface area contributed by atoms with Crippen molar-refractivity contribution in [3.8, 4) is 0 Å². The number of hydrogen-bond acceptors (Lipinski definition) is 24. The van der Waals surface area contributed by atoms with Gasteiger partial charge >= 0.3 is 10.4 Å². The lowest BCUT2D eigenvalue weighted by molar-refractivity contribution is -0.396. The van der Waals surface area contributed by atoms with Gasteiger partial charge in [-0.15, -0.1) is 0 Å². The Morgan fingerprint density at radius 2 is 1.06 bits per heavy atom. The summed E-state index contributed by atoms with van der Waals surface area (Å²) in [6.45, 7) is 12.8. The molecule has 0 radical (unpaired) electrons. The van der Waals surface area contributed by atoms with Gasteiger partial charge in [0.15, 0.2) is 25.2 Å². The molecule has 5 aliphatic carbocycles. The summed E-state index contributed by atoms with van der Waals surface area (Å²) in [7, 11) is -4.66. The van der Waals surface area contributed by atoms with Crippen molar-refractivity contribution in [2.24, 2.45) is 50.2 Å². The van der Waals surface area contributed by atoms with Crippen molar-refractivity contribution >= 4 is 10.4 Å². The average Bonchev–Trinajstić information content (AvgIpc) is 3.47. The van der Waals surface area contributed by atoms with Crippen molar-refractivity contribution in [3.05, 3.63) is 11.6 Å². The summed E-state index contributed by atoms with van der Waals surface area (Å²) in [5.41, 5.74) is -0.236. The highest BCUT2D eigenvalue weighted by atomic mass is 32.3. The second-order valence-corrected chi connectivity index (χ2v) is 28.0. The fourth-order valence-corrected chi connectivity index (χ4v) is 17.3. The number of fused-ring (bicyclic) bond motifs is 7. The lowest BCUT2D eigenvalue weighted by Gasteiger charge is -2.71. The van der Waals surface area contributed by atoms with Crippen LogP contribution in [0.25, 0.3) is 0 Å². The summed E-state index contributed by atoms with van der Waals surface area (Å²) in [5, 5.41) is 140. The maximum absolute atomic E-state index is 12.0. The molecule has 0 amide bonds. The molecule has 0 aromatic heterocycles. The first-order chi connectivity index (χ1) is 37.3. The number of aliphatic hydroxyl groups excluding tert-OH is 13. The Balaban J connectivity index is 0.958. The third kappa shape index (κ3) is 11.0. The fourth-order valence-electron chi connectivity index (χ4n) is 16.7. The van der Waals surface area contributed by atoms with E-state index in [0.717, 1.165) is 57.8 Å². The molecular weight excluding hydrogens is 1080 g/mol. The molecule has 80 heavy (non-hydrogen) atoms. The molecule has 0 aromatic rings. The molecule has 4 heterocycles. The van der Waals surface area contributed by atoms with E-state index in [1.807, 2.05) is 0 Å². The van der Waals surface area contributed by atoms with Gasteiger partial charge in [-0.3, -0.25) is 4.55 Å². The Kier molecular flexibility index (Phi) is 18.3. The van der Waals surface area contributed by atoms with Gasteiger partial charge in [0.2, 0.25) is 0 Å². The topological polar surface area (TPSA) is 400 Å². The van der Waals surface area contributed by atoms with Crippen molar-refractivity contribution in [2.45, 2.75) is 242 Å². The molecule has 0 spiro atoms. The quantitative estimate of drug-likeness (QED) is 0.0640. The molecule has 4 saturated heterocycles. The number of ether oxygens (including phenoxy) is 8. The van der Waals surface area contributed by atoms with E-state index in [0.29, 0.717) is 6.42 Å². The third-order valence-corrected chi connectivity index (χ3v) is 22.2. The Bertz CT molecular complexity index is 2290. The number of hydrogen-bond donors (Lipinski definition) is 14. The Morgan fingerprint density at radius 1 is 0.550 bits per heavy atom. The van der Waals surface area contributed by atoms with Gasteiger partial charge < -0.3 is 104 Å². The van der Waals surface area contributed by atoms with Gasteiger partial charge in [-0.05, 0) is 109 Å². The van der Waals surface area contributed by atoms with Crippen LogP contribution in [0.4, 0.5) is 0 Å². The molecule has 0 bridgehead atoms. The van der Waals surface area contributed by atoms with Crippen molar-refractivity contribution in [1.29, 1.82) is 0 Å². The second kappa shape index (κ2) is 23.1. The zero-order valence-corrected chi connectivity index (χ0v) is 47.5. The third-order valence-electron chi connectivity index (χ3n) is 21.7. The summed E-state index contributed by atoms with van der Waals surface area (Å²) in [5.74, 6) is 0.417. The van der Waals surface area contributed by atoms with Crippen LogP contribution in [-0.4, -0.2) is 241 Å². The van der Waals surface area contributed by atoms with E-state index in [4.69, 9.17) is 42.1 Å². The normalized spacial score (nSPS) is 52.2. The molecule has 2 unspecified atom stereocenters. The monoisotopic (exact) mass is 1170 g/mol. The number of rotatable bonds is 15. The van der Waals surface area contributed by atoms with E-state index in [2.05, 4.69) is 54.5 Å². The largest absolute Gasteiger partial charge is 0.397 e. The van der Waals surface area contributed by atoms with E-state index in [1.165, 1.54) is 5.57 Å². The van der Waals surface area contributed by atoms with Crippen molar-refractivity contribution in [1.82, 2.24) is 0 Å². The predicted molar refractivity (Wildman–Crippen MR) is 273 cm³/mol. The summed E-state index contributed by atoms with van der Waals surface area (Å²) < 4.78 is 87.2. The lowest BCUT2D eigenvalue weighted by Crippen LogP contribution is -2.67.